The predicted molar refractivity (Wildman–Crippen MR) is 53.3 cm³/mol. The molecule has 3 nitrogen and oxygen atoms in total. The molecule has 0 fully saturated rings. The zero-order valence-corrected chi connectivity index (χ0v) is 9.00. The van der Waals surface area contributed by atoms with Gasteiger partial charge in [-0.25, -0.2) is 9.97 Å². The van der Waals surface area contributed by atoms with Gasteiger partial charge in [-0.1, -0.05) is 5.92 Å². The topological polar surface area (TPSA) is 35.0 Å². The van der Waals surface area contributed by atoms with Gasteiger partial charge in [0.1, 0.15) is 6.33 Å². The third kappa shape index (κ3) is 2.71. The van der Waals surface area contributed by atoms with E-state index in [9.17, 15) is 0 Å². The Morgan fingerprint density at radius 3 is 2.85 bits per heavy atom. The molecule has 0 aliphatic heterocycles. The molecule has 1 heterocycles. The van der Waals surface area contributed by atoms with Crippen molar-refractivity contribution >= 4 is 15.9 Å². The maximum atomic E-state index is 5.45. The van der Waals surface area contributed by atoms with Gasteiger partial charge in [-0.05, 0) is 29.8 Å². The molecule has 13 heavy (non-hydrogen) atoms. The molecule has 1 aromatic heterocycles. The minimum atomic E-state index is -0.656. The Labute approximate surface area is 85.7 Å². The molecule has 0 aliphatic carbocycles. The fourth-order valence-corrected chi connectivity index (χ4v) is 0.949. The zero-order valence-electron chi connectivity index (χ0n) is 7.41. The lowest BCUT2D eigenvalue weighted by Crippen LogP contribution is -2.26. The molecule has 0 bridgehead atoms. The van der Waals surface area contributed by atoms with Crippen molar-refractivity contribution in [2.75, 3.05) is 0 Å². The lowest BCUT2D eigenvalue weighted by Gasteiger charge is -2.19. The zero-order chi connectivity index (χ0) is 9.90. The first-order chi connectivity index (χ1) is 6.05. The summed E-state index contributed by atoms with van der Waals surface area (Å²) < 4.78 is 6.14. The third-order valence-corrected chi connectivity index (χ3v) is 1.88. The third-order valence-electron chi connectivity index (χ3n) is 1.33. The average molecular weight is 241 g/mol. The lowest BCUT2D eigenvalue weighted by molar-refractivity contribution is 0.163. The normalized spacial score (nSPS) is 10.6. The van der Waals surface area contributed by atoms with E-state index in [0.29, 0.717) is 10.4 Å². The van der Waals surface area contributed by atoms with Crippen molar-refractivity contribution in [1.82, 2.24) is 9.97 Å². The largest absolute Gasteiger partial charge is 0.458 e. The highest BCUT2D eigenvalue weighted by molar-refractivity contribution is 9.10. The van der Waals surface area contributed by atoms with Crippen LogP contribution in [0, 0.1) is 12.3 Å². The Hall–Kier alpha value is -1.08. The molecule has 0 amide bonds. The second-order valence-corrected chi connectivity index (χ2v) is 3.79. The molecular formula is C9H9BrN2O. The lowest BCUT2D eigenvalue weighted by atomic mass is 10.1. The van der Waals surface area contributed by atoms with Gasteiger partial charge in [0.15, 0.2) is 5.60 Å². The van der Waals surface area contributed by atoms with E-state index in [2.05, 4.69) is 31.8 Å². The maximum Gasteiger partial charge on any atom is 0.232 e. The molecule has 1 aromatic rings. The van der Waals surface area contributed by atoms with E-state index in [1.165, 1.54) is 6.33 Å². The molecule has 0 aliphatic rings. The van der Waals surface area contributed by atoms with Crippen molar-refractivity contribution < 1.29 is 4.74 Å². The van der Waals surface area contributed by atoms with Crippen molar-refractivity contribution in [1.29, 1.82) is 0 Å². The van der Waals surface area contributed by atoms with Gasteiger partial charge in [0.2, 0.25) is 5.88 Å². The second-order valence-electron chi connectivity index (χ2n) is 2.93. The van der Waals surface area contributed by atoms with Crippen LogP contribution in [-0.2, 0) is 0 Å². The molecule has 0 saturated heterocycles. The fourth-order valence-electron chi connectivity index (χ4n) is 0.648. The second kappa shape index (κ2) is 3.75. The Balaban J connectivity index is 2.88. The van der Waals surface area contributed by atoms with Gasteiger partial charge < -0.3 is 4.74 Å². The molecule has 0 unspecified atom stereocenters. The van der Waals surface area contributed by atoms with Crippen LogP contribution in [0.25, 0.3) is 0 Å². The molecule has 0 radical (unpaired) electrons. The van der Waals surface area contributed by atoms with Crippen molar-refractivity contribution in [3.8, 4) is 18.2 Å². The quantitative estimate of drug-likeness (QED) is 0.743. The Morgan fingerprint density at radius 2 is 2.31 bits per heavy atom. The first kappa shape index (κ1) is 10.0. The average Bonchev–Trinajstić information content (AvgIpc) is 2.09. The van der Waals surface area contributed by atoms with Gasteiger partial charge in [0, 0.05) is 6.20 Å². The molecule has 0 aromatic carbocycles. The van der Waals surface area contributed by atoms with Gasteiger partial charge >= 0.3 is 0 Å². The summed E-state index contributed by atoms with van der Waals surface area (Å²) in [6.07, 6.45) is 8.29. The summed E-state index contributed by atoms with van der Waals surface area (Å²) in [4.78, 5) is 7.75. The summed E-state index contributed by atoms with van der Waals surface area (Å²) in [6, 6.07) is 0. The van der Waals surface area contributed by atoms with Crippen LogP contribution in [0.4, 0.5) is 0 Å². The summed E-state index contributed by atoms with van der Waals surface area (Å²) in [5, 5.41) is 0. The highest BCUT2D eigenvalue weighted by atomic mass is 79.9. The SMILES string of the molecule is C#CC(C)(C)Oc1ncncc1Br. The van der Waals surface area contributed by atoms with E-state index in [1.807, 2.05) is 0 Å². The van der Waals surface area contributed by atoms with Crippen LogP contribution < -0.4 is 4.74 Å². The number of ether oxygens (including phenoxy) is 1. The minimum Gasteiger partial charge on any atom is -0.458 e. The van der Waals surface area contributed by atoms with Crippen LogP contribution >= 0.6 is 15.9 Å². The van der Waals surface area contributed by atoms with Crippen molar-refractivity contribution in [2.24, 2.45) is 0 Å². The molecular weight excluding hydrogens is 232 g/mol. The molecule has 1 rings (SSSR count). The number of halogens is 1. The van der Waals surface area contributed by atoms with E-state index >= 15 is 0 Å². The molecule has 0 atom stereocenters. The summed E-state index contributed by atoms with van der Waals surface area (Å²) in [7, 11) is 0. The molecule has 0 N–H and O–H groups in total. The minimum absolute atomic E-state index is 0.456. The number of hydrogen-bond acceptors (Lipinski definition) is 3. The number of nitrogens with zero attached hydrogens (tertiary/aromatic N) is 2. The van der Waals surface area contributed by atoms with E-state index < -0.39 is 5.60 Å². The standard InChI is InChI=1S/C9H9BrN2O/c1-4-9(2,3)13-8-7(10)5-11-6-12-8/h1,5-6H,2-3H3. The number of rotatable bonds is 2. The first-order valence-electron chi connectivity index (χ1n) is 3.67. The van der Waals surface area contributed by atoms with Crippen LogP contribution in [0.1, 0.15) is 13.8 Å². The Bertz CT molecular complexity index is 344. The number of terminal acetylenes is 1. The van der Waals surface area contributed by atoms with Gasteiger partial charge in [0.05, 0.1) is 4.47 Å². The summed E-state index contributed by atoms with van der Waals surface area (Å²) in [5.74, 6) is 2.97. The number of hydrogen-bond donors (Lipinski definition) is 0. The van der Waals surface area contributed by atoms with Crippen molar-refractivity contribution in [2.45, 2.75) is 19.4 Å². The number of aromatic nitrogens is 2. The van der Waals surface area contributed by atoms with Crippen LogP contribution in [0.3, 0.4) is 0 Å². The van der Waals surface area contributed by atoms with E-state index in [0.717, 1.165) is 0 Å². The smallest absolute Gasteiger partial charge is 0.232 e. The van der Waals surface area contributed by atoms with Gasteiger partial charge in [-0.15, -0.1) is 6.42 Å². The molecule has 4 heteroatoms. The van der Waals surface area contributed by atoms with Crippen LogP contribution in [0.5, 0.6) is 5.88 Å². The van der Waals surface area contributed by atoms with Crippen LogP contribution in [-0.4, -0.2) is 15.6 Å². The Kier molecular flexibility index (Phi) is 2.89. The highest BCUT2D eigenvalue weighted by Crippen LogP contribution is 2.23. The summed E-state index contributed by atoms with van der Waals surface area (Å²) in [5.41, 5.74) is -0.656. The van der Waals surface area contributed by atoms with Gasteiger partial charge in [-0.3, -0.25) is 0 Å². The highest BCUT2D eigenvalue weighted by Gasteiger charge is 2.17. The van der Waals surface area contributed by atoms with Crippen molar-refractivity contribution in [3.05, 3.63) is 17.0 Å². The van der Waals surface area contributed by atoms with Crippen molar-refractivity contribution in [3.63, 3.8) is 0 Å². The molecule has 0 saturated carbocycles. The van der Waals surface area contributed by atoms with E-state index in [1.54, 1.807) is 20.0 Å². The predicted octanol–water partition coefficient (Wildman–Crippen LogP) is 2.03. The van der Waals surface area contributed by atoms with Crippen LogP contribution in [0.2, 0.25) is 0 Å². The van der Waals surface area contributed by atoms with Gasteiger partial charge in [-0.2, -0.15) is 0 Å². The summed E-state index contributed by atoms with van der Waals surface area (Å²) in [6.45, 7) is 3.59. The fraction of sp³-hybridized carbons (Fsp3) is 0.333. The molecule has 0 spiro atoms. The Morgan fingerprint density at radius 1 is 1.62 bits per heavy atom. The maximum absolute atomic E-state index is 5.45. The van der Waals surface area contributed by atoms with Gasteiger partial charge in [0.25, 0.3) is 0 Å². The summed E-state index contributed by atoms with van der Waals surface area (Å²) >= 11 is 3.26. The first-order valence-corrected chi connectivity index (χ1v) is 4.47. The van der Waals surface area contributed by atoms with Crippen LogP contribution in [0.15, 0.2) is 17.0 Å². The van der Waals surface area contributed by atoms with E-state index in [4.69, 9.17) is 11.2 Å². The molecule has 68 valence electrons. The van der Waals surface area contributed by atoms with E-state index in [-0.39, 0.29) is 0 Å². The monoisotopic (exact) mass is 240 g/mol.